The number of carbonyl (C=O) groups is 1. The molecule has 0 radical (unpaired) electrons. The summed E-state index contributed by atoms with van der Waals surface area (Å²) in [6, 6.07) is 6.74. The number of nitrogens with zero attached hydrogens (tertiary/aromatic N) is 1. The first-order valence-corrected chi connectivity index (χ1v) is 7.67. The van der Waals surface area contributed by atoms with Crippen molar-refractivity contribution in [1.82, 2.24) is 4.98 Å². The molecule has 0 unspecified atom stereocenters. The van der Waals surface area contributed by atoms with Crippen molar-refractivity contribution < 1.29 is 18.1 Å². The van der Waals surface area contributed by atoms with Crippen LogP contribution in [0.1, 0.15) is 10.5 Å². The molecule has 2 aromatic rings. The Balaban J connectivity index is 2.26. The normalized spacial score (nSPS) is 11.3. The van der Waals surface area contributed by atoms with Crippen LogP contribution in [0.25, 0.3) is 0 Å². The van der Waals surface area contributed by atoms with E-state index in [1.807, 2.05) is 0 Å². The summed E-state index contributed by atoms with van der Waals surface area (Å²) in [7, 11) is -3.92. The first-order chi connectivity index (χ1) is 9.81. The van der Waals surface area contributed by atoms with Gasteiger partial charge < -0.3 is 4.98 Å². The molecule has 0 saturated heterocycles. The smallest absolute Gasteiger partial charge is 0.287 e. The third-order valence-corrected chi connectivity index (χ3v) is 4.78. The fourth-order valence-corrected chi connectivity index (χ4v) is 3.47. The summed E-state index contributed by atoms with van der Waals surface area (Å²) in [5, 5.41) is 10.5. The maximum Gasteiger partial charge on any atom is 0.287 e. The molecular weight excluding hydrogens is 320 g/mol. The van der Waals surface area contributed by atoms with Crippen molar-refractivity contribution in [2.45, 2.75) is 4.90 Å². The Hall–Kier alpha value is -2.19. The predicted molar refractivity (Wildman–Crippen MR) is 75.3 cm³/mol. The van der Waals surface area contributed by atoms with Gasteiger partial charge in [0.2, 0.25) is 0 Å². The van der Waals surface area contributed by atoms with Crippen LogP contribution in [-0.2, 0) is 9.84 Å². The number of hydrogen-bond acceptors (Lipinski definition) is 5. The van der Waals surface area contributed by atoms with Gasteiger partial charge >= 0.3 is 0 Å². The summed E-state index contributed by atoms with van der Waals surface area (Å²) in [5.41, 5.74) is -0.453. The number of carbonyl (C=O) groups excluding carboxylic acids is 1. The van der Waals surface area contributed by atoms with Crippen LogP contribution in [0.3, 0.4) is 0 Å². The molecule has 7 nitrogen and oxygen atoms in total. The monoisotopic (exact) mass is 328 g/mol. The summed E-state index contributed by atoms with van der Waals surface area (Å²) in [6.07, 6.45) is 1.02. The molecule has 0 atom stereocenters. The molecule has 0 aliphatic heterocycles. The van der Waals surface area contributed by atoms with E-state index in [1.165, 1.54) is 18.2 Å². The van der Waals surface area contributed by atoms with Crippen LogP contribution in [0, 0.1) is 10.1 Å². The molecule has 0 saturated carbocycles. The third-order valence-electron chi connectivity index (χ3n) is 2.67. The first kappa shape index (κ1) is 15.2. The number of rotatable bonds is 5. The number of sulfone groups is 1. The van der Waals surface area contributed by atoms with Gasteiger partial charge in [-0.05, 0) is 12.1 Å². The Labute approximate surface area is 124 Å². The maximum absolute atomic E-state index is 12.1. The van der Waals surface area contributed by atoms with E-state index in [1.54, 1.807) is 6.07 Å². The quantitative estimate of drug-likeness (QED) is 0.514. The van der Waals surface area contributed by atoms with Gasteiger partial charge in [-0.25, -0.2) is 8.42 Å². The zero-order valence-corrected chi connectivity index (χ0v) is 12.0. The summed E-state index contributed by atoms with van der Waals surface area (Å²) < 4.78 is 24.2. The molecule has 2 rings (SSSR count). The topological polar surface area (TPSA) is 110 Å². The molecule has 0 bridgehead atoms. The summed E-state index contributed by atoms with van der Waals surface area (Å²) in [5.74, 6) is -1.60. The van der Waals surface area contributed by atoms with E-state index in [-0.39, 0.29) is 21.3 Å². The fourth-order valence-electron chi connectivity index (χ4n) is 1.67. The Morgan fingerprint density at radius 2 is 2.00 bits per heavy atom. The maximum atomic E-state index is 12.1. The molecule has 1 aromatic carbocycles. The van der Waals surface area contributed by atoms with Gasteiger partial charge in [-0.15, -0.1) is 0 Å². The lowest BCUT2D eigenvalue weighted by Crippen LogP contribution is -2.17. The molecule has 9 heteroatoms. The largest absolute Gasteiger partial charge is 0.353 e. The molecule has 110 valence electrons. The second-order valence-electron chi connectivity index (χ2n) is 4.14. The van der Waals surface area contributed by atoms with Crippen LogP contribution < -0.4 is 0 Å². The number of aromatic nitrogens is 1. The van der Waals surface area contributed by atoms with Crippen molar-refractivity contribution in [1.29, 1.82) is 0 Å². The number of Topliss-reactive ketones (excluding diaryl/α,β-unsaturated/α-hetero) is 1. The van der Waals surface area contributed by atoms with E-state index < -0.39 is 26.3 Å². The highest BCUT2D eigenvalue weighted by Crippen LogP contribution is 2.22. The zero-order chi connectivity index (χ0) is 15.6. The number of nitro groups is 1. The van der Waals surface area contributed by atoms with E-state index in [4.69, 9.17) is 11.6 Å². The Morgan fingerprint density at radius 3 is 2.57 bits per heavy atom. The predicted octanol–water partition coefficient (Wildman–Crippen LogP) is 2.23. The van der Waals surface area contributed by atoms with Crippen LogP contribution in [0.4, 0.5) is 5.69 Å². The SMILES string of the molecule is O=C(CS(=O)(=O)c1ccccc1Cl)c1cc([N+](=O)[O-])c[nH]1. The number of nitrogens with one attached hydrogen (secondary N) is 1. The fraction of sp³-hybridized carbons (Fsp3) is 0.0833. The number of halogens is 1. The van der Waals surface area contributed by atoms with Crippen LogP contribution in [0.5, 0.6) is 0 Å². The number of benzene rings is 1. The number of hydrogen-bond donors (Lipinski definition) is 1. The number of aromatic amines is 1. The Morgan fingerprint density at radius 1 is 1.33 bits per heavy atom. The second-order valence-corrected chi connectivity index (χ2v) is 6.51. The van der Waals surface area contributed by atoms with Crippen molar-refractivity contribution in [3.8, 4) is 0 Å². The molecule has 1 N–H and O–H groups in total. The molecule has 0 spiro atoms. The van der Waals surface area contributed by atoms with Gasteiger partial charge in [0.25, 0.3) is 5.69 Å². The first-order valence-electron chi connectivity index (χ1n) is 5.64. The van der Waals surface area contributed by atoms with Gasteiger partial charge in [0.15, 0.2) is 15.6 Å². The van der Waals surface area contributed by atoms with Crippen LogP contribution >= 0.6 is 11.6 Å². The minimum Gasteiger partial charge on any atom is -0.353 e. The third kappa shape index (κ3) is 3.29. The average Bonchev–Trinajstić information content (AvgIpc) is 2.88. The van der Waals surface area contributed by atoms with E-state index in [0.717, 1.165) is 12.3 Å². The number of H-pyrrole nitrogens is 1. The Bertz CT molecular complexity index is 813. The number of ketones is 1. The van der Waals surface area contributed by atoms with Gasteiger partial charge in [0, 0.05) is 6.07 Å². The lowest BCUT2D eigenvalue weighted by molar-refractivity contribution is -0.384. The summed E-state index contributed by atoms with van der Waals surface area (Å²) in [4.78, 5) is 24.0. The Kier molecular flexibility index (Phi) is 4.10. The van der Waals surface area contributed by atoms with Crippen LogP contribution in [0.2, 0.25) is 5.02 Å². The second kappa shape index (κ2) is 5.66. The van der Waals surface area contributed by atoms with E-state index in [2.05, 4.69) is 4.98 Å². The van der Waals surface area contributed by atoms with Crippen molar-refractivity contribution in [3.63, 3.8) is 0 Å². The molecular formula is C12H9ClN2O5S. The van der Waals surface area contributed by atoms with Gasteiger partial charge in [0.1, 0.15) is 5.75 Å². The van der Waals surface area contributed by atoms with Gasteiger partial charge in [-0.1, -0.05) is 23.7 Å². The summed E-state index contributed by atoms with van der Waals surface area (Å²) >= 11 is 5.80. The molecule has 21 heavy (non-hydrogen) atoms. The van der Waals surface area contributed by atoms with Crippen molar-refractivity contribution in [2.24, 2.45) is 0 Å². The van der Waals surface area contributed by atoms with E-state index >= 15 is 0 Å². The molecule has 0 fully saturated rings. The van der Waals surface area contributed by atoms with Crippen molar-refractivity contribution >= 4 is 32.9 Å². The van der Waals surface area contributed by atoms with E-state index in [0.29, 0.717) is 0 Å². The highest BCUT2D eigenvalue weighted by molar-refractivity contribution is 7.92. The molecule has 0 amide bonds. The van der Waals surface area contributed by atoms with Gasteiger partial charge in [-0.2, -0.15) is 0 Å². The summed E-state index contributed by atoms with van der Waals surface area (Å²) in [6.45, 7) is 0. The van der Waals surface area contributed by atoms with Gasteiger partial charge in [-0.3, -0.25) is 14.9 Å². The van der Waals surface area contributed by atoms with Crippen molar-refractivity contribution in [2.75, 3.05) is 5.75 Å². The molecule has 0 aliphatic carbocycles. The highest BCUT2D eigenvalue weighted by Gasteiger charge is 2.24. The molecule has 1 aromatic heterocycles. The lowest BCUT2D eigenvalue weighted by Gasteiger charge is -2.04. The minimum atomic E-state index is -3.92. The van der Waals surface area contributed by atoms with Gasteiger partial charge in [0.05, 0.1) is 26.7 Å². The zero-order valence-electron chi connectivity index (χ0n) is 10.4. The lowest BCUT2D eigenvalue weighted by atomic mass is 10.3. The highest BCUT2D eigenvalue weighted by atomic mass is 35.5. The van der Waals surface area contributed by atoms with E-state index in [9.17, 15) is 23.3 Å². The average molecular weight is 329 g/mol. The molecule has 0 aliphatic rings. The molecule has 1 heterocycles. The van der Waals surface area contributed by atoms with Crippen molar-refractivity contribution in [3.05, 3.63) is 57.4 Å². The van der Waals surface area contributed by atoms with Crippen LogP contribution in [-0.4, -0.2) is 29.9 Å². The van der Waals surface area contributed by atoms with Crippen LogP contribution in [0.15, 0.2) is 41.4 Å². The minimum absolute atomic E-state index is 0.0165. The standard InChI is InChI=1S/C12H9ClN2O5S/c13-9-3-1-2-4-12(9)21(19,20)7-11(16)10-5-8(6-14-10)15(17)18/h1-6,14H,7H2.